The number of aromatic amines is 1. The third-order valence-electron chi connectivity index (χ3n) is 6.62. The number of aryl methyl sites for hydroxylation is 3. The van der Waals surface area contributed by atoms with Gasteiger partial charge in [0.15, 0.2) is 11.5 Å². The number of nitrogens with one attached hydrogen (secondary N) is 1. The largest absolute Gasteiger partial charge is 0.486 e. The molecule has 0 amide bonds. The number of H-pyrrole nitrogens is 1. The van der Waals surface area contributed by atoms with E-state index in [-0.39, 0.29) is 23.5 Å². The maximum atomic E-state index is 13.9. The van der Waals surface area contributed by atoms with Gasteiger partial charge in [-0.1, -0.05) is 35.9 Å². The summed E-state index contributed by atoms with van der Waals surface area (Å²) in [6.45, 7) is 6.91. The Morgan fingerprint density at radius 2 is 1.68 bits per heavy atom. The molecule has 0 spiro atoms. The summed E-state index contributed by atoms with van der Waals surface area (Å²) in [6, 6.07) is 18.4. The highest BCUT2D eigenvalue weighted by Crippen LogP contribution is 2.33. The minimum atomic E-state index is -3.95. The quantitative estimate of drug-likeness (QED) is 0.385. The zero-order chi connectivity index (χ0) is 26.2. The van der Waals surface area contributed by atoms with E-state index in [4.69, 9.17) is 9.47 Å². The van der Waals surface area contributed by atoms with Crippen LogP contribution in [0.1, 0.15) is 27.8 Å². The second kappa shape index (κ2) is 10.0. The van der Waals surface area contributed by atoms with Crippen LogP contribution in [-0.2, 0) is 23.0 Å². The second-order valence-electron chi connectivity index (χ2n) is 9.55. The smallest absolute Gasteiger partial charge is 0.252 e. The molecule has 0 unspecified atom stereocenters. The van der Waals surface area contributed by atoms with Crippen molar-refractivity contribution in [2.75, 3.05) is 19.8 Å². The van der Waals surface area contributed by atoms with Gasteiger partial charge in [0.05, 0.1) is 4.90 Å². The van der Waals surface area contributed by atoms with Crippen molar-refractivity contribution in [3.63, 3.8) is 0 Å². The van der Waals surface area contributed by atoms with Crippen molar-refractivity contribution >= 4 is 20.9 Å². The van der Waals surface area contributed by atoms with Gasteiger partial charge in [-0.25, -0.2) is 8.42 Å². The predicted octanol–water partition coefficient (Wildman–Crippen LogP) is 4.66. The van der Waals surface area contributed by atoms with Crippen molar-refractivity contribution in [3.8, 4) is 11.5 Å². The molecule has 3 aromatic carbocycles. The maximum absolute atomic E-state index is 13.9. The van der Waals surface area contributed by atoms with E-state index >= 15 is 0 Å². The normalized spacial score (nSPS) is 13.3. The molecule has 5 rings (SSSR count). The zero-order valence-corrected chi connectivity index (χ0v) is 22.0. The van der Waals surface area contributed by atoms with Crippen molar-refractivity contribution in [1.82, 2.24) is 9.29 Å². The first-order valence-electron chi connectivity index (χ1n) is 12.3. The molecular formula is C29H30N2O5S. The average molecular weight is 519 g/mol. The van der Waals surface area contributed by atoms with Crippen molar-refractivity contribution in [2.24, 2.45) is 0 Å². The first-order valence-corrected chi connectivity index (χ1v) is 13.7. The molecule has 0 aliphatic carbocycles. The minimum absolute atomic E-state index is 0.0544. The van der Waals surface area contributed by atoms with Gasteiger partial charge in [0.25, 0.3) is 5.56 Å². The van der Waals surface area contributed by atoms with E-state index in [9.17, 15) is 13.2 Å². The summed E-state index contributed by atoms with van der Waals surface area (Å²) in [5.41, 5.74) is 5.05. The number of ether oxygens (including phenoxy) is 2. The summed E-state index contributed by atoms with van der Waals surface area (Å²) in [6.07, 6.45) is 0.509. The molecule has 8 heteroatoms. The summed E-state index contributed by atoms with van der Waals surface area (Å²) in [4.78, 5) is 16.1. The summed E-state index contributed by atoms with van der Waals surface area (Å²) in [5.74, 6) is 0.925. The van der Waals surface area contributed by atoms with Gasteiger partial charge in [-0.3, -0.25) is 4.79 Å². The van der Waals surface area contributed by atoms with E-state index in [1.54, 1.807) is 6.07 Å². The number of benzene rings is 3. The first-order chi connectivity index (χ1) is 17.7. The molecule has 1 N–H and O–H groups in total. The molecule has 0 atom stereocenters. The molecule has 0 saturated carbocycles. The molecule has 1 aliphatic rings. The molecule has 0 radical (unpaired) electrons. The molecular weight excluding hydrogens is 488 g/mol. The lowest BCUT2D eigenvalue weighted by Gasteiger charge is -2.24. The molecule has 192 valence electrons. The van der Waals surface area contributed by atoms with Gasteiger partial charge in [0.2, 0.25) is 10.0 Å². The Labute approximate surface area is 216 Å². The fourth-order valence-electron chi connectivity index (χ4n) is 4.76. The van der Waals surface area contributed by atoms with E-state index in [2.05, 4.69) is 4.98 Å². The molecule has 0 saturated heterocycles. The van der Waals surface area contributed by atoms with E-state index in [0.717, 1.165) is 33.2 Å². The zero-order valence-electron chi connectivity index (χ0n) is 21.2. The summed E-state index contributed by atoms with van der Waals surface area (Å²) in [7, 11) is -3.95. The summed E-state index contributed by atoms with van der Waals surface area (Å²) >= 11 is 0. The standard InChI is InChI=1S/C29H30N2O5S/c1-19-5-4-6-22(14-19)9-10-31(37(33,34)24-7-8-27-28(17-24)36-12-11-35-27)18-23-16-25-21(3)13-20(2)15-26(25)30-29(23)32/h4-8,13-17H,9-12,18H2,1-3H3,(H,30,32). The van der Waals surface area contributed by atoms with Gasteiger partial charge in [-0.2, -0.15) is 4.31 Å². The highest BCUT2D eigenvalue weighted by atomic mass is 32.2. The van der Waals surface area contributed by atoms with Gasteiger partial charge in [0.1, 0.15) is 13.2 Å². The van der Waals surface area contributed by atoms with Crippen LogP contribution < -0.4 is 15.0 Å². The van der Waals surface area contributed by atoms with Crippen LogP contribution in [0.2, 0.25) is 0 Å². The van der Waals surface area contributed by atoms with Crippen molar-refractivity contribution < 1.29 is 17.9 Å². The fourth-order valence-corrected chi connectivity index (χ4v) is 6.20. The van der Waals surface area contributed by atoms with E-state index in [0.29, 0.717) is 36.7 Å². The topological polar surface area (TPSA) is 88.7 Å². The van der Waals surface area contributed by atoms with Crippen LogP contribution in [-0.4, -0.2) is 37.5 Å². The van der Waals surface area contributed by atoms with Gasteiger partial charge >= 0.3 is 0 Å². The number of rotatable bonds is 7. The molecule has 2 heterocycles. The average Bonchev–Trinajstić information content (AvgIpc) is 2.86. The van der Waals surface area contributed by atoms with E-state index in [1.807, 2.05) is 63.2 Å². The third-order valence-corrected chi connectivity index (χ3v) is 8.46. The Morgan fingerprint density at radius 1 is 0.892 bits per heavy atom. The van der Waals surface area contributed by atoms with Gasteiger partial charge < -0.3 is 14.5 Å². The van der Waals surface area contributed by atoms with E-state index in [1.165, 1.54) is 16.4 Å². The number of nitrogens with zero attached hydrogens (tertiary/aromatic N) is 1. The predicted molar refractivity (Wildman–Crippen MR) is 144 cm³/mol. The highest BCUT2D eigenvalue weighted by molar-refractivity contribution is 7.89. The Kier molecular flexibility index (Phi) is 6.79. The van der Waals surface area contributed by atoms with Crippen LogP contribution in [0.15, 0.2) is 70.4 Å². The van der Waals surface area contributed by atoms with E-state index < -0.39 is 10.0 Å². The third kappa shape index (κ3) is 5.26. The van der Waals surface area contributed by atoms with Crippen LogP contribution in [0.4, 0.5) is 0 Å². The van der Waals surface area contributed by atoms with Gasteiger partial charge in [0, 0.05) is 35.6 Å². The first kappa shape index (κ1) is 25.0. The van der Waals surface area contributed by atoms with Crippen LogP contribution in [0.3, 0.4) is 0 Å². The molecule has 7 nitrogen and oxygen atoms in total. The van der Waals surface area contributed by atoms with Crippen molar-refractivity contribution in [2.45, 2.75) is 38.6 Å². The molecule has 1 aromatic heterocycles. The Morgan fingerprint density at radius 3 is 2.46 bits per heavy atom. The maximum Gasteiger partial charge on any atom is 0.252 e. The lowest BCUT2D eigenvalue weighted by atomic mass is 10.0. The monoisotopic (exact) mass is 518 g/mol. The summed E-state index contributed by atoms with van der Waals surface area (Å²) < 4.78 is 40.4. The van der Waals surface area contributed by atoms with Crippen LogP contribution in [0.25, 0.3) is 10.9 Å². The molecule has 1 aliphatic heterocycles. The minimum Gasteiger partial charge on any atom is -0.486 e. The van der Waals surface area contributed by atoms with Crippen LogP contribution in [0.5, 0.6) is 11.5 Å². The number of hydrogen-bond acceptors (Lipinski definition) is 5. The fraction of sp³-hybridized carbons (Fsp3) is 0.276. The van der Waals surface area contributed by atoms with Crippen LogP contribution >= 0.6 is 0 Å². The lowest BCUT2D eigenvalue weighted by Crippen LogP contribution is -2.34. The van der Waals surface area contributed by atoms with Crippen molar-refractivity contribution in [1.29, 1.82) is 0 Å². The molecule has 37 heavy (non-hydrogen) atoms. The van der Waals surface area contributed by atoms with Gasteiger partial charge in [-0.05, 0) is 68.1 Å². The molecule has 4 aromatic rings. The Hall–Kier alpha value is -3.62. The highest BCUT2D eigenvalue weighted by Gasteiger charge is 2.27. The lowest BCUT2D eigenvalue weighted by molar-refractivity contribution is 0.171. The Balaban J connectivity index is 1.53. The number of fused-ring (bicyclic) bond motifs is 2. The number of pyridine rings is 1. The number of hydrogen-bond donors (Lipinski definition) is 1. The number of aromatic nitrogens is 1. The Bertz CT molecular complexity index is 1640. The second-order valence-corrected chi connectivity index (χ2v) is 11.5. The van der Waals surface area contributed by atoms with Crippen LogP contribution in [0, 0.1) is 20.8 Å². The number of sulfonamides is 1. The summed E-state index contributed by atoms with van der Waals surface area (Å²) in [5, 5.41) is 0.899. The molecule has 0 fully saturated rings. The van der Waals surface area contributed by atoms with Crippen molar-refractivity contribution in [3.05, 3.63) is 98.8 Å². The van der Waals surface area contributed by atoms with Gasteiger partial charge in [-0.15, -0.1) is 0 Å². The SMILES string of the molecule is Cc1cccc(CCN(Cc2cc3c(C)cc(C)cc3[nH]c2=O)S(=O)(=O)c2ccc3c(c2)OCCO3)c1. The molecule has 0 bridgehead atoms.